The van der Waals surface area contributed by atoms with Crippen LogP contribution in [0.2, 0.25) is 0 Å². The summed E-state index contributed by atoms with van der Waals surface area (Å²) >= 11 is 0. The molecule has 0 radical (unpaired) electrons. The first-order valence-corrected chi connectivity index (χ1v) is 6.13. The maximum Gasteiger partial charge on any atom is 0.159 e. The summed E-state index contributed by atoms with van der Waals surface area (Å²) in [5.41, 5.74) is 2.85. The Morgan fingerprint density at radius 1 is 1.06 bits per heavy atom. The van der Waals surface area contributed by atoms with Crippen LogP contribution in [0.15, 0.2) is 24.3 Å². The average molecular weight is 250 g/mol. The molecule has 0 aliphatic carbocycles. The van der Waals surface area contributed by atoms with Crippen molar-refractivity contribution in [3.63, 3.8) is 0 Å². The third-order valence-electron chi connectivity index (χ3n) is 2.95. The van der Waals surface area contributed by atoms with Crippen LogP contribution >= 0.6 is 0 Å². The molecular weight excluding hydrogens is 234 g/mol. The summed E-state index contributed by atoms with van der Waals surface area (Å²) in [5.74, 6) is -1.63. The van der Waals surface area contributed by atoms with Crippen LogP contribution in [0.25, 0.3) is 0 Å². The minimum atomic E-state index is -0.816. The van der Waals surface area contributed by atoms with Crippen molar-refractivity contribution < 1.29 is 8.78 Å². The second-order valence-electron chi connectivity index (χ2n) is 4.24. The van der Waals surface area contributed by atoms with E-state index in [0.717, 1.165) is 30.3 Å². The molecule has 96 valence electrons. The van der Waals surface area contributed by atoms with Gasteiger partial charge in [-0.1, -0.05) is 19.9 Å². The van der Waals surface area contributed by atoms with Gasteiger partial charge in [-0.3, -0.25) is 4.68 Å². The molecular formula is C14H16F2N2. The van der Waals surface area contributed by atoms with Gasteiger partial charge >= 0.3 is 0 Å². The lowest BCUT2D eigenvalue weighted by atomic mass is 10.2. The third kappa shape index (κ3) is 2.58. The topological polar surface area (TPSA) is 17.8 Å². The number of nitrogens with zero attached hydrogens (tertiary/aromatic N) is 2. The molecule has 18 heavy (non-hydrogen) atoms. The summed E-state index contributed by atoms with van der Waals surface area (Å²) in [4.78, 5) is 0. The van der Waals surface area contributed by atoms with E-state index in [1.807, 2.05) is 11.6 Å². The molecule has 2 rings (SSSR count). The standard InChI is InChI=1S/C14H16F2N2/c1-3-11-8-12(4-2)18(17-11)9-10-5-6-13(15)14(16)7-10/h5-8H,3-4,9H2,1-2H3. The van der Waals surface area contributed by atoms with Crippen LogP contribution in [-0.4, -0.2) is 9.78 Å². The molecule has 1 aromatic heterocycles. The highest BCUT2D eigenvalue weighted by atomic mass is 19.2. The first-order chi connectivity index (χ1) is 8.63. The van der Waals surface area contributed by atoms with Crippen LogP contribution in [0.4, 0.5) is 8.78 Å². The second kappa shape index (κ2) is 5.29. The molecule has 0 unspecified atom stereocenters. The molecule has 4 heteroatoms. The fourth-order valence-corrected chi connectivity index (χ4v) is 1.92. The number of rotatable bonds is 4. The number of hydrogen-bond donors (Lipinski definition) is 0. The monoisotopic (exact) mass is 250 g/mol. The number of hydrogen-bond acceptors (Lipinski definition) is 1. The van der Waals surface area contributed by atoms with E-state index in [-0.39, 0.29) is 0 Å². The number of aromatic nitrogens is 2. The first-order valence-electron chi connectivity index (χ1n) is 6.13. The van der Waals surface area contributed by atoms with E-state index in [2.05, 4.69) is 18.1 Å². The molecule has 0 amide bonds. The zero-order valence-electron chi connectivity index (χ0n) is 10.6. The first kappa shape index (κ1) is 12.7. The van der Waals surface area contributed by atoms with E-state index in [1.165, 1.54) is 6.07 Å². The third-order valence-corrected chi connectivity index (χ3v) is 2.95. The summed E-state index contributed by atoms with van der Waals surface area (Å²) in [6, 6.07) is 6.02. The van der Waals surface area contributed by atoms with E-state index in [0.29, 0.717) is 12.1 Å². The molecule has 1 heterocycles. The minimum absolute atomic E-state index is 0.473. The molecule has 2 aromatic rings. The summed E-state index contributed by atoms with van der Waals surface area (Å²) in [6.07, 6.45) is 1.74. The molecule has 0 saturated heterocycles. The highest BCUT2D eigenvalue weighted by molar-refractivity contribution is 5.19. The molecule has 0 saturated carbocycles. The van der Waals surface area contributed by atoms with Crippen LogP contribution in [0.3, 0.4) is 0 Å². The lowest BCUT2D eigenvalue weighted by Crippen LogP contribution is -2.06. The van der Waals surface area contributed by atoms with Crippen molar-refractivity contribution >= 4 is 0 Å². The van der Waals surface area contributed by atoms with E-state index in [4.69, 9.17) is 0 Å². The Hall–Kier alpha value is -1.71. The minimum Gasteiger partial charge on any atom is -0.265 e. The van der Waals surface area contributed by atoms with E-state index < -0.39 is 11.6 Å². The fraction of sp³-hybridized carbons (Fsp3) is 0.357. The molecule has 0 aliphatic heterocycles. The number of aryl methyl sites for hydroxylation is 2. The molecule has 0 fully saturated rings. The van der Waals surface area contributed by atoms with Gasteiger partial charge in [-0.25, -0.2) is 8.78 Å². The van der Waals surface area contributed by atoms with Crippen molar-refractivity contribution in [3.05, 3.63) is 52.9 Å². The lowest BCUT2D eigenvalue weighted by Gasteiger charge is -2.06. The zero-order valence-corrected chi connectivity index (χ0v) is 10.6. The highest BCUT2D eigenvalue weighted by Crippen LogP contribution is 2.13. The molecule has 0 N–H and O–H groups in total. The fourth-order valence-electron chi connectivity index (χ4n) is 1.92. The Bertz CT molecular complexity index is 547. The van der Waals surface area contributed by atoms with Crippen molar-refractivity contribution in [2.75, 3.05) is 0 Å². The quantitative estimate of drug-likeness (QED) is 0.813. The Balaban J connectivity index is 2.27. The molecule has 1 aromatic carbocycles. The van der Waals surface area contributed by atoms with Crippen LogP contribution in [0, 0.1) is 11.6 Å². The Labute approximate surface area is 105 Å². The molecule has 0 aliphatic rings. The van der Waals surface area contributed by atoms with Crippen molar-refractivity contribution in [1.82, 2.24) is 9.78 Å². The van der Waals surface area contributed by atoms with Crippen LogP contribution in [0.5, 0.6) is 0 Å². The van der Waals surface area contributed by atoms with Crippen LogP contribution in [-0.2, 0) is 19.4 Å². The van der Waals surface area contributed by atoms with Gasteiger partial charge in [-0.2, -0.15) is 5.10 Å². The van der Waals surface area contributed by atoms with Gasteiger partial charge in [0.2, 0.25) is 0 Å². The van der Waals surface area contributed by atoms with Gasteiger partial charge in [0.05, 0.1) is 12.2 Å². The molecule has 2 nitrogen and oxygen atoms in total. The van der Waals surface area contributed by atoms with Gasteiger partial charge < -0.3 is 0 Å². The lowest BCUT2D eigenvalue weighted by molar-refractivity contribution is 0.505. The Kier molecular flexibility index (Phi) is 3.75. The maximum atomic E-state index is 13.1. The van der Waals surface area contributed by atoms with Crippen LogP contribution in [0.1, 0.15) is 30.8 Å². The Morgan fingerprint density at radius 3 is 2.44 bits per heavy atom. The van der Waals surface area contributed by atoms with Crippen molar-refractivity contribution in [3.8, 4) is 0 Å². The van der Waals surface area contributed by atoms with Crippen molar-refractivity contribution in [1.29, 1.82) is 0 Å². The normalized spacial score (nSPS) is 10.9. The largest absolute Gasteiger partial charge is 0.265 e. The SMILES string of the molecule is CCc1cc(CC)n(Cc2ccc(F)c(F)c2)n1. The van der Waals surface area contributed by atoms with Gasteiger partial charge in [0.1, 0.15) is 0 Å². The maximum absolute atomic E-state index is 13.1. The summed E-state index contributed by atoms with van der Waals surface area (Å²) < 4.78 is 27.8. The molecule has 0 atom stereocenters. The summed E-state index contributed by atoms with van der Waals surface area (Å²) in [5, 5.41) is 4.45. The van der Waals surface area contributed by atoms with Crippen molar-refractivity contribution in [2.45, 2.75) is 33.2 Å². The predicted molar refractivity (Wildman–Crippen MR) is 66.4 cm³/mol. The zero-order chi connectivity index (χ0) is 13.1. The van der Waals surface area contributed by atoms with E-state index in [1.54, 1.807) is 6.07 Å². The number of benzene rings is 1. The second-order valence-corrected chi connectivity index (χ2v) is 4.24. The Morgan fingerprint density at radius 2 is 1.83 bits per heavy atom. The predicted octanol–water partition coefficient (Wildman–Crippen LogP) is 3.33. The van der Waals surface area contributed by atoms with Gasteiger partial charge in [0.25, 0.3) is 0 Å². The van der Waals surface area contributed by atoms with Gasteiger partial charge in [0.15, 0.2) is 11.6 Å². The van der Waals surface area contributed by atoms with Gasteiger partial charge in [0, 0.05) is 5.69 Å². The molecule has 0 spiro atoms. The van der Waals surface area contributed by atoms with E-state index in [9.17, 15) is 8.78 Å². The average Bonchev–Trinajstić information content (AvgIpc) is 2.76. The molecule has 0 bridgehead atoms. The van der Waals surface area contributed by atoms with E-state index >= 15 is 0 Å². The number of halogens is 2. The van der Waals surface area contributed by atoms with Gasteiger partial charge in [-0.15, -0.1) is 0 Å². The van der Waals surface area contributed by atoms with Gasteiger partial charge in [-0.05, 0) is 36.6 Å². The smallest absolute Gasteiger partial charge is 0.159 e. The van der Waals surface area contributed by atoms with Crippen LogP contribution < -0.4 is 0 Å². The van der Waals surface area contributed by atoms with Crippen molar-refractivity contribution in [2.24, 2.45) is 0 Å². The summed E-state index contributed by atoms with van der Waals surface area (Å²) in [7, 11) is 0. The highest BCUT2D eigenvalue weighted by Gasteiger charge is 2.08. The summed E-state index contributed by atoms with van der Waals surface area (Å²) in [6.45, 7) is 4.57.